The van der Waals surface area contributed by atoms with E-state index in [1.807, 2.05) is 35.0 Å². The van der Waals surface area contributed by atoms with Crippen LogP contribution in [0.3, 0.4) is 0 Å². The van der Waals surface area contributed by atoms with Crippen LogP contribution >= 0.6 is 23.4 Å². The number of nitrogens with zero attached hydrogens (tertiary/aromatic N) is 3. The van der Waals surface area contributed by atoms with Gasteiger partial charge in [-0.1, -0.05) is 30.6 Å². The molecule has 0 atom stereocenters. The highest BCUT2D eigenvalue weighted by Gasteiger charge is 2.26. The zero-order chi connectivity index (χ0) is 15.3. The quantitative estimate of drug-likeness (QED) is 0.375. The molecular weight excluding hydrogens is 306 g/mol. The Kier molecular flexibility index (Phi) is 5.31. The second kappa shape index (κ2) is 7.00. The molecule has 0 radical (unpaired) electrons. The standard InChI is InChI=1S/C15H18ClN3OS/c1-15(2,10-21-13-5-3-12(16)4-6-13)14(18-20)9-19-8-7-17-11-19/h3-8,11,20H,9-10H2,1-2H3. The van der Waals surface area contributed by atoms with Crippen molar-refractivity contribution in [2.45, 2.75) is 25.3 Å². The summed E-state index contributed by atoms with van der Waals surface area (Å²) in [6.45, 7) is 4.68. The Morgan fingerprint density at radius 1 is 1.38 bits per heavy atom. The summed E-state index contributed by atoms with van der Waals surface area (Å²) in [6, 6.07) is 7.75. The highest BCUT2D eigenvalue weighted by atomic mass is 35.5. The number of rotatable bonds is 6. The number of thioether (sulfide) groups is 1. The number of hydrogen-bond acceptors (Lipinski definition) is 4. The van der Waals surface area contributed by atoms with E-state index in [0.29, 0.717) is 6.54 Å². The Bertz CT molecular complexity index is 594. The predicted molar refractivity (Wildman–Crippen MR) is 87.4 cm³/mol. The third kappa shape index (κ3) is 4.51. The van der Waals surface area contributed by atoms with Crippen LogP contribution in [-0.4, -0.2) is 26.2 Å². The molecule has 0 saturated carbocycles. The Hall–Kier alpha value is -1.46. The number of benzene rings is 1. The Morgan fingerprint density at radius 2 is 2.10 bits per heavy atom. The van der Waals surface area contributed by atoms with Crippen molar-refractivity contribution in [3.63, 3.8) is 0 Å². The van der Waals surface area contributed by atoms with Crippen LogP contribution in [0.5, 0.6) is 0 Å². The minimum Gasteiger partial charge on any atom is -0.411 e. The lowest BCUT2D eigenvalue weighted by Crippen LogP contribution is -2.30. The highest BCUT2D eigenvalue weighted by molar-refractivity contribution is 7.99. The van der Waals surface area contributed by atoms with Crippen LogP contribution in [0.1, 0.15) is 13.8 Å². The van der Waals surface area contributed by atoms with Crippen molar-refractivity contribution in [2.24, 2.45) is 10.6 Å². The van der Waals surface area contributed by atoms with E-state index < -0.39 is 0 Å². The molecule has 0 fully saturated rings. The number of halogens is 1. The third-order valence-corrected chi connectivity index (χ3v) is 4.93. The molecular formula is C15H18ClN3OS. The third-order valence-electron chi connectivity index (χ3n) is 3.21. The maximum absolute atomic E-state index is 9.32. The molecule has 1 aromatic heterocycles. The molecule has 0 spiro atoms. The van der Waals surface area contributed by atoms with E-state index in [1.54, 1.807) is 24.3 Å². The summed E-state index contributed by atoms with van der Waals surface area (Å²) >= 11 is 7.60. The molecule has 6 heteroatoms. The fourth-order valence-electron chi connectivity index (χ4n) is 1.81. The van der Waals surface area contributed by atoms with Gasteiger partial charge in [0.05, 0.1) is 18.6 Å². The summed E-state index contributed by atoms with van der Waals surface area (Å²) in [6.07, 6.45) is 5.28. The van der Waals surface area contributed by atoms with Gasteiger partial charge >= 0.3 is 0 Å². The van der Waals surface area contributed by atoms with Gasteiger partial charge < -0.3 is 9.77 Å². The van der Waals surface area contributed by atoms with Crippen LogP contribution in [0.25, 0.3) is 0 Å². The van der Waals surface area contributed by atoms with Gasteiger partial charge in [-0.3, -0.25) is 0 Å². The molecule has 0 aliphatic carbocycles. The molecule has 0 aliphatic rings. The predicted octanol–water partition coefficient (Wildman–Crippen LogP) is 4.19. The van der Waals surface area contributed by atoms with Crippen LogP contribution in [0.2, 0.25) is 5.02 Å². The summed E-state index contributed by atoms with van der Waals surface area (Å²) < 4.78 is 1.89. The molecule has 0 amide bonds. The normalized spacial score (nSPS) is 12.6. The van der Waals surface area contributed by atoms with Crippen molar-refractivity contribution in [3.8, 4) is 0 Å². The van der Waals surface area contributed by atoms with Gasteiger partial charge in [-0.15, -0.1) is 11.8 Å². The molecule has 1 N–H and O–H groups in total. The first-order valence-corrected chi connectivity index (χ1v) is 7.93. The van der Waals surface area contributed by atoms with Crippen LogP contribution in [0.15, 0.2) is 53.0 Å². The van der Waals surface area contributed by atoms with E-state index in [4.69, 9.17) is 11.6 Å². The first kappa shape index (κ1) is 15.9. The maximum Gasteiger partial charge on any atom is 0.0949 e. The Balaban J connectivity index is 2.00. The van der Waals surface area contributed by atoms with Gasteiger partial charge in [-0.05, 0) is 24.3 Å². The zero-order valence-corrected chi connectivity index (χ0v) is 13.6. The molecule has 0 unspecified atom stereocenters. The summed E-state index contributed by atoms with van der Waals surface area (Å²) in [5, 5.41) is 13.5. The highest BCUT2D eigenvalue weighted by Crippen LogP contribution is 2.30. The summed E-state index contributed by atoms with van der Waals surface area (Å²) in [7, 11) is 0. The number of imidazole rings is 1. The van der Waals surface area contributed by atoms with E-state index in [0.717, 1.165) is 21.4 Å². The van der Waals surface area contributed by atoms with Crippen LogP contribution in [0.4, 0.5) is 0 Å². The average molecular weight is 324 g/mol. The molecule has 1 aromatic carbocycles. The largest absolute Gasteiger partial charge is 0.411 e. The molecule has 0 aliphatic heterocycles. The van der Waals surface area contributed by atoms with Crippen molar-refractivity contribution in [1.82, 2.24) is 9.55 Å². The van der Waals surface area contributed by atoms with E-state index in [9.17, 15) is 5.21 Å². The van der Waals surface area contributed by atoms with E-state index >= 15 is 0 Å². The zero-order valence-electron chi connectivity index (χ0n) is 12.0. The van der Waals surface area contributed by atoms with Crippen LogP contribution < -0.4 is 0 Å². The number of oxime groups is 1. The summed E-state index contributed by atoms with van der Waals surface area (Å²) in [4.78, 5) is 5.15. The topological polar surface area (TPSA) is 50.4 Å². The van der Waals surface area contributed by atoms with Crippen LogP contribution in [-0.2, 0) is 6.54 Å². The Morgan fingerprint density at radius 3 is 2.67 bits per heavy atom. The van der Waals surface area contributed by atoms with E-state index in [-0.39, 0.29) is 5.41 Å². The molecule has 4 nitrogen and oxygen atoms in total. The molecule has 21 heavy (non-hydrogen) atoms. The lowest BCUT2D eigenvalue weighted by molar-refractivity contribution is 0.308. The van der Waals surface area contributed by atoms with Gasteiger partial charge in [-0.25, -0.2) is 4.98 Å². The number of aromatic nitrogens is 2. The molecule has 112 valence electrons. The van der Waals surface area contributed by atoms with Crippen LogP contribution in [0, 0.1) is 5.41 Å². The van der Waals surface area contributed by atoms with Gasteiger partial charge in [0.2, 0.25) is 0 Å². The molecule has 1 heterocycles. The van der Waals surface area contributed by atoms with Crippen molar-refractivity contribution in [1.29, 1.82) is 0 Å². The Labute approximate surface area is 133 Å². The lowest BCUT2D eigenvalue weighted by Gasteiger charge is -2.25. The molecule has 0 bridgehead atoms. The SMILES string of the molecule is CC(C)(CSc1ccc(Cl)cc1)C(Cn1ccnc1)=NO. The summed E-state index contributed by atoms with van der Waals surface area (Å²) in [5.41, 5.74) is 0.491. The smallest absolute Gasteiger partial charge is 0.0949 e. The van der Waals surface area contributed by atoms with Gasteiger partial charge in [0.25, 0.3) is 0 Å². The minimum atomic E-state index is -0.233. The van der Waals surface area contributed by atoms with Crippen molar-refractivity contribution in [2.75, 3.05) is 5.75 Å². The number of hydrogen-bond donors (Lipinski definition) is 1. The van der Waals surface area contributed by atoms with Gasteiger partial charge in [-0.2, -0.15) is 0 Å². The first-order chi connectivity index (χ1) is 10.0. The fraction of sp³-hybridized carbons (Fsp3) is 0.333. The fourth-order valence-corrected chi connectivity index (χ4v) is 2.96. The first-order valence-electron chi connectivity index (χ1n) is 6.57. The summed E-state index contributed by atoms with van der Waals surface area (Å²) in [5.74, 6) is 0.808. The molecule has 2 aromatic rings. The monoisotopic (exact) mass is 323 g/mol. The van der Waals surface area contributed by atoms with E-state index in [1.165, 1.54) is 0 Å². The lowest BCUT2D eigenvalue weighted by atomic mass is 9.89. The van der Waals surface area contributed by atoms with Gasteiger partial charge in [0.15, 0.2) is 0 Å². The van der Waals surface area contributed by atoms with E-state index in [2.05, 4.69) is 24.0 Å². The second-order valence-corrected chi connectivity index (χ2v) is 6.89. The second-order valence-electron chi connectivity index (χ2n) is 5.41. The average Bonchev–Trinajstić information content (AvgIpc) is 2.97. The molecule has 0 saturated heterocycles. The van der Waals surface area contributed by atoms with Crippen molar-refractivity contribution < 1.29 is 5.21 Å². The minimum absolute atomic E-state index is 0.233. The van der Waals surface area contributed by atoms with Crippen molar-refractivity contribution in [3.05, 3.63) is 48.0 Å². The maximum atomic E-state index is 9.32. The van der Waals surface area contributed by atoms with Gasteiger partial charge in [0.1, 0.15) is 0 Å². The van der Waals surface area contributed by atoms with Crippen molar-refractivity contribution >= 4 is 29.1 Å². The molecule has 2 rings (SSSR count). The van der Waals surface area contributed by atoms with Gasteiger partial charge in [0, 0.05) is 33.5 Å².